The molecular formula is C17H26NO2P. The van der Waals surface area contributed by atoms with Crippen molar-refractivity contribution in [2.75, 3.05) is 33.4 Å². The van der Waals surface area contributed by atoms with Crippen LogP contribution in [-0.4, -0.2) is 44.1 Å². The molecule has 0 heterocycles. The van der Waals surface area contributed by atoms with Crippen LogP contribution in [0.25, 0.3) is 5.57 Å². The molecule has 0 saturated heterocycles. The molecule has 0 aliphatic rings. The third kappa shape index (κ3) is 5.26. The highest BCUT2D eigenvalue weighted by molar-refractivity contribution is 7.47. The zero-order valence-electron chi connectivity index (χ0n) is 13.7. The smallest absolute Gasteiger partial charge is 0.159 e. The predicted molar refractivity (Wildman–Crippen MR) is 93.7 cm³/mol. The second kappa shape index (κ2) is 8.31. The number of carbonyl (C=O) groups excluding carboxylic acids is 1. The number of ketones is 1. The number of likely N-dealkylation sites (N-methyl/N-ethyl adjacent to an activating group) is 1. The third-order valence-electron chi connectivity index (χ3n) is 3.10. The average molecular weight is 307 g/mol. The molecule has 0 saturated carbocycles. The van der Waals surface area contributed by atoms with E-state index in [-0.39, 0.29) is 5.78 Å². The number of allylic oxidation sites excluding steroid dienone is 1. The molecule has 3 nitrogen and oxygen atoms in total. The Hall–Kier alpha value is -1.18. The molecule has 1 atom stereocenters. The normalized spacial score (nSPS) is 11.3. The molecule has 0 N–H and O–H groups in total. The third-order valence-corrected chi connectivity index (χ3v) is 4.23. The van der Waals surface area contributed by atoms with Gasteiger partial charge in [-0.1, -0.05) is 22.1 Å². The van der Waals surface area contributed by atoms with E-state index in [1.165, 1.54) is 5.30 Å². The summed E-state index contributed by atoms with van der Waals surface area (Å²) in [5, 5.41) is 1.18. The van der Waals surface area contributed by atoms with Crippen LogP contribution >= 0.6 is 8.58 Å². The molecule has 0 spiro atoms. The lowest BCUT2D eigenvalue weighted by atomic mass is 10.0. The number of nitrogens with zero attached hydrogens (tertiary/aromatic N) is 1. The van der Waals surface area contributed by atoms with Crippen molar-refractivity contribution in [2.24, 2.45) is 0 Å². The molecule has 21 heavy (non-hydrogen) atoms. The Morgan fingerprint density at radius 3 is 2.48 bits per heavy atom. The summed E-state index contributed by atoms with van der Waals surface area (Å²) in [6.07, 6.45) is 1.05. The van der Waals surface area contributed by atoms with E-state index in [1.54, 1.807) is 6.92 Å². The Labute approximate surface area is 130 Å². The van der Waals surface area contributed by atoms with Crippen LogP contribution in [-0.2, 0) is 0 Å². The highest BCUT2D eigenvalue weighted by atomic mass is 31.1. The SMILES string of the molecule is C=C(C)c1c(OCCN(C)C)cc(C(C)=O)cc1PCC. The van der Waals surface area contributed by atoms with Crippen LogP contribution in [0, 0.1) is 0 Å². The van der Waals surface area contributed by atoms with Crippen LogP contribution in [0.4, 0.5) is 0 Å². The number of benzene rings is 1. The van der Waals surface area contributed by atoms with Crippen molar-refractivity contribution < 1.29 is 9.53 Å². The van der Waals surface area contributed by atoms with Gasteiger partial charge in [0.15, 0.2) is 5.78 Å². The van der Waals surface area contributed by atoms with Gasteiger partial charge in [-0.3, -0.25) is 4.79 Å². The fourth-order valence-electron chi connectivity index (χ4n) is 2.04. The fraction of sp³-hybridized carbons (Fsp3) is 0.471. The molecule has 116 valence electrons. The molecule has 0 amide bonds. The summed E-state index contributed by atoms with van der Waals surface area (Å²) in [6, 6.07) is 3.85. The minimum Gasteiger partial charge on any atom is -0.492 e. The number of ether oxygens (including phenoxy) is 1. The van der Waals surface area contributed by atoms with Crippen LogP contribution in [0.3, 0.4) is 0 Å². The van der Waals surface area contributed by atoms with Crippen molar-refractivity contribution in [3.05, 3.63) is 29.8 Å². The van der Waals surface area contributed by atoms with Crippen LogP contribution in [0.15, 0.2) is 18.7 Å². The zero-order valence-corrected chi connectivity index (χ0v) is 14.7. The molecule has 1 aromatic rings. The van der Waals surface area contributed by atoms with Crippen molar-refractivity contribution >= 4 is 25.2 Å². The molecule has 0 radical (unpaired) electrons. The van der Waals surface area contributed by atoms with Gasteiger partial charge in [-0.15, -0.1) is 0 Å². The summed E-state index contributed by atoms with van der Waals surface area (Å²) < 4.78 is 5.94. The molecule has 0 aromatic heterocycles. The van der Waals surface area contributed by atoms with E-state index in [4.69, 9.17) is 4.74 Å². The molecule has 0 aliphatic carbocycles. The van der Waals surface area contributed by atoms with E-state index < -0.39 is 0 Å². The first kappa shape index (κ1) is 17.9. The van der Waals surface area contributed by atoms with Crippen molar-refractivity contribution in [1.82, 2.24) is 4.90 Å². The first-order valence-electron chi connectivity index (χ1n) is 7.23. The van der Waals surface area contributed by atoms with Gasteiger partial charge >= 0.3 is 0 Å². The zero-order chi connectivity index (χ0) is 16.0. The van der Waals surface area contributed by atoms with Gasteiger partial charge in [0.1, 0.15) is 12.4 Å². The van der Waals surface area contributed by atoms with Gasteiger partial charge < -0.3 is 9.64 Å². The van der Waals surface area contributed by atoms with Gasteiger partial charge in [0.25, 0.3) is 0 Å². The largest absolute Gasteiger partial charge is 0.492 e. The molecule has 0 fully saturated rings. The molecule has 4 heteroatoms. The monoisotopic (exact) mass is 307 g/mol. The van der Waals surface area contributed by atoms with Crippen LogP contribution < -0.4 is 10.0 Å². The van der Waals surface area contributed by atoms with E-state index in [2.05, 4.69) is 18.4 Å². The Kier molecular flexibility index (Phi) is 7.07. The molecule has 0 aliphatic heterocycles. The number of hydrogen-bond donors (Lipinski definition) is 0. The summed E-state index contributed by atoms with van der Waals surface area (Å²) in [5.74, 6) is 0.857. The predicted octanol–water partition coefficient (Wildman–Crippen LogP) is 3.19. The van der Waals surface area contributed by atoms with Crippen molar-refractivity contribution in [3.8, 4) is 5.75 Å². The van der Waals surface area contributed by atoms with Crippen LogP contribution in [0.1, 0.15) is 36.7 Å². The number of rotatable bonds is 8. The first-order valence-corrected chi connectivity index (χ1v) is 8.43. The first-order chi connectivity index (χ1) is 9.86. The van der Waals surface area contributed by atoms with Crippen LogP contribution in [0.2, 0.25) is 0 Å². The molecule has 1 aromatic carbocycles. The van der Waals surface area contributed by atoms with Gasteiger partial charge in [-0.05, 0) is 57.1 Å². The maximum absolute atomic E-state index is 11.7. The summed E-state index contributed by atoms with van der Waals surface area (Å²) >= 11 is 0. The Morgan fingerprint density at radius 2 is 2.00 bits per heavy atom. The lowest BCUT2D eigenvalue weighted by molar-refractivity contribution is 0.101. The highest BCUT2D eigenvalue weighted by Crippen LogP contribution is 2.29. The topological polar surface area (TPSA) is 29.5 Å². The van der Waals surface area contributed by atoms with Crippen molar-refractivity contribution in [2.45, 2.75) is 20.8 Å². The van der Waals surface area contributed by atoms with Gasteiger partial charge in [0.2, 0.25) is 0 Å². The molecule has 1 rings (SSSR count). The van der Waals surface area contributed by atoms with E-state index in [0.717, 1.165) is 35.2 Å². The Morgan fingerprint density at radius 1 is 1.33 bits per heavy atom. The lowest BCUT2D eigenvalue weighted by Gasteiger charge is -2.18. The van der Waals surface area contributed by atoms with Gasteiger partial charge in [-0.25, -0.2) is 0 Å². The minimum atomic E-state index is 0.0721. The van der Waals surface area contributed by atoms with Gasteiger partial charge in [0, 0.05) is 17.7 Å². The minimum absolute atomic E-state index is 0.0721. The van der Waals surface area contributed by atoms with E-state index in [0.29, 0.717) is 15.2 Å². The van der Waals surface area contributed by atoms with E-state index in [1.807, 2.05) is 33.2 Å². The quantitative estimate of drug-likeness (QED) is 0.546. The maximum atomic E-state index is 11.7. The number of hydrogen-bond acceptors (Lipinski definition) is 3. The Bertz CT molecular complexity index is 524. The maximum Gasteiger partial charge on any atom is 0.159 e. The van der Waals surface area contributed by atoms with E-state index in [9.17, 15) is 4.79 Å². The van der Waals surface area contributed by atoms with Crippen molar-refractivity contribution in [3.63, 3.8) is 0 Å². The second-order valence-electron chi connectivity index (χ2n) is 5.42. The molecule has 0 bridgehead atoms. The molecule has 1 unspecified atom stereocenters. The van der Waals surface area contributed by atoms with Crippen LogP contribution in [0.5, 0.6) is 5.75 Å². The number of carbonyl (C=O) groups is 1. The lowest BCUT2D eigenvalue weighted by Crippen LogP contribution is -2.20. The standard InChI is InChI=1S/C17H26NO2P/c1-7-21-16-11-14(13(4)19)10-15(17(16)12(2)3)20-9-8-18(5)6/h10-11,21H,2,7-9H2,1,3-6H3. The summed E-state index contributed by atoms with van der Waals surface area (Å²) in [5.41, 5.74) is 2.77. The Balaban J connectivity index is 3.21. The summed E-state index contributed by atoms with van der Waals surface area (Å²) in [6.45, 7) is 11.2. The highest BCUT2D eigenvalue weighted by Gasteiger charge is 2.14. The van der Waals surface area contributed by atoms with Crippen molar-refractivity contribution in [1.29, 1.82) is 0 Å². The van der Waals surface area contributed by atoms with Gasteiger partial charge in [0.05, 0.1) is 0 Å². The van der Waals surface area contributed by atoms with E-state index >= 15 is 0 Å². The van der Waals surface area contributed by atoms with Gasteiger partial charge in [-0.2, -0.15) is 0 Å². The molecular weight excluding hydrogens is 281 g/mol. The average Bonchev–Trinajstić information content (AvgIpc) is 2.37. The number of Topliss-reactive ketones (excluding diaryl/α,β-unsaturated/α-hetero) is 1. The summed E-state index contributed by atoms with van der Waals surface area (Å²) in [7, 11) is 4.69. The second-order valence-corrected chi connectivity index (χ2v) is 7.01. The summed E-state index contributed by atoms with van der Waals surface area (Å²) in [4.78, 5) is 13.8. The fourth-order valence-corrected chi connectivity index (χ4v) is 3.19.